The van der Waals surface area contributed by atoms with Crippen molar-refractivity contribution in [2.45, 2.75) is 6.54 Å². The smallest absolute Gasteiger partial charge is 0.322 e. The second-order valence-electron chi connectivity index (χ2n) is 4.73. The van der Waals surface area contributed by atoms with Crippen LogP contribution < -0.4 is 10.9 Å². The highest BCUT2D eigenvalue weighted by Gasteiger charge is 2.11. The van der Waals surface area contributed by atoms with E-state index in [4.69, 9.17) is 11.6 Å². The third kappa shape index (κ3) is 4.49. The molecule has 0 spiro atoms. The van der Waals surface area contributed by atoms with Gasteiger partial charge in [-0.15, -0.1) is 0 Å². The Hall–Kier alpha value is -2.53. The number of hydrazine groups is 1. The molecule has 114 valence electrons. The van der Waals surface area contributed by atoms with E-state index in [0.29, 0.717) is 17.1 Å². The molecule has 0 bridgehead atoms. The minimum atomic E-state index is -0.403. The lowest BCUT2D eigenvalue weighted by Crippen LogP contribution is -2.47. The van der Waals surface area contributed by atoms with Gasteiger partial charge in [0.1, 0.15) is 0 Å². The van der Waals surface area contributed by atoms with Crippen LogP contribution in [0.3, 0.4) is 0 Å². The predicted molar refractivity (Wildman–Crippen MR) is 85.4 cm³/mol. The first-order valence-corrected chi connectivity index (χ1v) is 7.05. The Bertz CT molecular complexity index is 644. The zero-order valence-corrected chi connectivity index (χ0v) is 12.8. The molecular weight excluding hydrogens is 302 g/mol. The Kier molecular flexibility index (Phi) is 5.38. The molecule has 0 fully saturated rings. The highest BCUT2D eigenvalue weighted by Crippen LogP contribution is 2.10. The van der Waals surface area contributed by atoms with Crippen molar-refractivity contribution >= 4 is 23.5 Å². The number of benzene rings is 2. The molecule has 2 aromatic rings. The Balaban J connectivity index is 1.84. The monoisotopic (exact) mass is 317 g/mol. The average molecular weight is 318 g/mol. The van der Waals surface area contributed by atoms with Crippen molar-refractivity contribution in [3.05, 3.63) is 70.7 Å². The lowest BCUT2D eigenvalue weighted by atomic mass is 10.2. The fourth-order valence-electron chi connectivity index (χ4n) is 1.80. The first kappa shape index (κ1) is 15.9. The van der Waals surface area contributed by atoms with E-state index < -0.39 is 6.03 Å². The van der Waals surface area contributed by atoms with Gasteiger partial charge in [-0.1, -0.05) is 41.9 Å². The molecule has 0 unspecified atom stereocenters. The maximum absolute atomic E-state index is 11.9. The van der Waals surface area contributed by atoms with Gasteiger partial charge in [0.2, 0.25) is 0 Å². The van der Waals surface area contributed by atoms with Crippen LogP contribution in [-0.4, -0.2) is 23.9 Å². The largest absolute Gasteiger partial charge is 0.336 e. The molecule has 0 radical (unpaired) electrons. The van der Waals surface area contributed by atoms with E-state index in [2.05, 4.69) is 10.9 Å². The van der Waals surface area contributed by atoms with Gasteiger partial charge in [0.25, 0.3) is 5.91 Å². The number of nitrogens with one attached hydrogen (secondary N) is 2. The summed E-state index contributed by atoms with van der Waals surface area (Å²) in [5.41, 5.74) is 6.16. The summed E-state index contributed by atoms with van der Waals surface area (Å²) in [7, 11) is 1.64. The number of urea groups is 1. The van der Waals surface area contributed by atoms with Crippen LogP contribution in [0.5, 0.6) is 0 Å². The van der Waals surface area contributed by atoms with Crippen molar-refractivity contribution in [1.82, 2.24) is 15.8 Å². The molecule has 6 heteroatoms. The predicted octanol–water partition coefficient (Wildman–Crippen LogP) is 2.83. The Morgan fingerprint density at radius 2 is 1.64 bits per heavy atom. The quantitative estimate of drug-likeness (QED) is 0.855. The molecule has 2 aromatic carbocycles. The number of carbonyl (C=O) groups excluding carboxylic acids is 2. The maximum atomic E-state index is 11.9. The molecule has 0 aromatic heterocycles. The van der Waals surface area contributed by atoms with Crippen LogP contribution >= 0.6 is 11.6 Å². The normalized spacial score (nSPS) is 9.91. The number of amides is 3. The molecule has 3 amide bonds. The highest BCUT2D eigenvalue weighted by molar-refractivity contribution is 6.30. The zero-order chi connectivity index (χ0) is 15.9. The van der Waals surface area contributed by atoms with Crippen LogP contribution in [0, 0.1) is 0 Å². The van der Waals surface area contributed by atoms with Crippen LogP contribution in [0.4, 0.5) is 4.79 Å². The van der Waals surface area contributed by atoms with Gasteiger partial charge in [-0.2, -0.15) is 0 Å². The maximum Gasteiger partial charge on any atom is 0.336 e. The molecule has 0 atom stereocenters. The molecule has 2 N–H and O–H groups in total. The third-order valence-electron chi connectivity index (χ3n) is 3.00. The minimum Gasteiger partial charge on any atom is -0.322 e. The van der Waals surface area contributed by atoms with E-state index in [1.54, 1.807) is 43.4 Å². The fourth-order valence-corrected chi connectivity index (χ4v) is 1.93. The number of nitrogens with zero attached hydrogens (tertiary/aromatic N) is 1. The van der Waals surface area contributed by atoms with E-state index in [-0.39, 0.29) is 5.91 Å². The van der Waals surface area contributed by atoms with Gasteiger partial charge in [-0.25, -0.2) is 10.2 Å². The molecule has 0 aliphatic carbocycles. The number of rotatable bonds is 3. The first-order valence-electron chi connectivity index (χ1n) is 6.67. The van der Waals surface area contributed by atoms with E-state index >= 15 is 0 Å². The topological polar surface area (TPSA) is 61.4 Å². The Labute approximate surface area is 133 Å². The van der Waals surface area contributed by atoms with Gasteiger partial charge in [-0.05, 0) is 29.8 Å². The lowest BCUT2D eigenvalue weighted by molar-refractivity contribution is 0.0931. The van der Waals surface area contributed by atoms with Gasteiger partial charge in [0, 0.05) is 24.2 Å². The molecule has 0 aliphatic rings. The van der Waals surface area contributed by atoms with Crippen LogP contribution in [0.1, 0.15) is 15.9 Å². The second kappa shape index (κ2) is 7.47. The Morgan fingerprint density at radius 3 is 2.27 bits per heavy atom. The second-order valence-corrected chi connectivity index (χ2v) is 5.17. The summed E-state index contributed by atoms with van der Waals surface area (Å²) in [6.45, 7) is 0.407. The summed E-state index contributed by atoms with van der Waals surface area (Å²) >= 11 is 5.81. The van der Waals surface area contributed by atoms with Gasteiger partial charge >= 0.3 is 6.03 Å². The lowest BCUT2D eigenvalue weighted by Gasteiger charge is -2.18. The summed E-state index contributed by atoms with van der Waals surface area (Å²) in [6.07, 6.45) is 0. The summed E-state index contributed by atoms with van der Waals surface area (Å²) in [5, 5.41) is 0.644. The van der Waals surface area contributed by atoms with Crippen molar-refractivity contribution in [2.75, 3.05) is 7.05 Å². The number of hydrogen-bond acceptors (Lipinski definition) is 2. The van der Waals surface area contributed by atoms with Crippen LogP contribution in [-0.2, 0) is 6.54 Å². The van der Waals surface area contributed by atoms with Gasteiger partial charge in [0.05, 0.1) is 0 Å². The summed E-state index contributed by atoms with van der Waals surface area (Å²) in [4.78, 5) is 25.2. The van der Waals surface area contributed by atoms with Crippen molar-refractivity contribution in [3.63, 3.8) is 0 Å². The summed E-state index contributed by atoms with van der Waals surface area (Å²) in [6, 6.07) is 15.5. The molecule has 5 nitrogen and oxygen atoms in total. The zero-order valence-electron chi connectivity index (χ0n) is 12.0. The minimum absolute atomic E-state index is 0.367. The van der Waals surface area contributed by atoms with E-state index in [9.17, 15) is 9.59 Å². The standard InChI is InChI=1S/C16H16ClN3O2/c1-20(11-12-7-9-14(17)10-8-12)16(22)19-18-15(21)13-5-3-2-4-6-13/h2-10H,11H2,1H3,(H,18,21)(H,19,22). The van der Waals surface area contributed by atoms with Crippen molar-refractivity contribution in [1.29, 1.82) is 0 Å². The Morgan fingerprint density at radius 1 is 1.00 bits per heavy atom. The number of carbonyl (C=O) groups is 2. The summed E-state index contributed by atoms with van der Waals surface area (Å²) < 4.78 is 0. The van der Waals surface area contributed by atoms with Crippen LogP contribution in [0.15, 0.2) is 54.6 Å². The van der Waals surface area contributed by atoms with Crippen LogP contribution in [0.25, 0.3) is 0 Å². The molecule has 0 saturated heterocycles. The molecule has 2 rings (SSSR count). The van der Waals surface area contributed by atoms with Crippen molar-refractivity contribution in [2.24, 2.45) is 0 Å². The summed E-state index contributed by atoms with van der Waals surface area (Å²) in [5.74, 6) is -0.367. The van der Waals surface area contributed by atoms with E-state index in [1.165, 1.54) is 4.90 Å². The van der Waals surface area contributed by atoms with Gasteiger partial charge in [0.15, 0.2) is 0 Å². The molecule has 22 heavy (non-hydrogen) atoms. The number of hydrogen-bond donors (Lipinski definition) is 2. The highest BCUT2D eigenvalue weighted by atomic mass is 35.5. The average Bonchev–Trinajstić information content (AvgIpc) is 2.55. The molecular formula is C16H16ClN3O2. The SMILES string of the molecule is CN(Cc1ccc(Cl)cc1)C(=O)NNC(=O)c1ccccc1. The number of halogens is 1. The molecule has 0 heterocycles. The molecule has 0 aliphatic heterocycles. The third-order valence-corrected chi connectivity index (χ3v) is 3.25. The fraction of sp³-hybridized carbons (Fsp3) is 0.125. The van der Waals surface area contributed by atoms with Crippen LogP contribution in [0.2, 0.25) is 5.02 Å². The first-order chi connectivity index (χ1) is 10.6. The van der Waals surface area contributed by atoms with Gasteiger partial charge < -0.3 is 4.90 Å². The van der Waals surface area contributed by atoms with E-state index in [0.717, 1.165) is 5.56 Å². The molecule has 0 saturated carbocycles. The van der Waals surface area contributed by atoms with Crippen molar-refractivity contribution in [3.8, 4) is 0 Å². The van der Waals surface area contributed by atoms with Crippen molar-refractivity contribution < 1.29 is 9.59 Å². The van der Waals surface area contributed by atoms with Gasteiger partial charge in [-0.3, -0.25) is 10.2 Å². The van der Waals surface area contributed by atoms with E-state index in [1.807, 2.05) is 18.2 Å².